The van der Waals surface area contributed by atoms with Gasteiger partial charge in [0.05, 0.1) is 23.6 Å². The van der Waals surface area contributed by atoms with Gasteiger partial charge in [0.25, 0.3) is 5.91 Å². The second-order valence-electron chi connectivity index (χ2n) is 5.79. The number of hydrogen-bond acceptors (Lipinski definition) is 4. The molecule has 0 saturated carbocycles. The lowest BCUT2D eigenvalue weighted by Crippen LogP contribution is -2.40. The second kappa shape index (κ2) is 5.24. The first-order valence-corrected chi connectivity index (χ1v) is 7.50. The van der Waals surface area contributed by atoms with E-state index in [0.29, 0.717) is 30.0 Å². The fourth-order valence-corrected chi connectivity index (χ4v) is 3.24. The van der Waals surface area contributed by atoms with Crippen LogP contribution in [0.5, 0.6) is 0 Å². The molecule has 1 aromatic carbocycles. The molecule has 6 heteroatoms. The lowest BCUT2D eigenvalue weighted by molar-refractivity contribution is -0.119. The molecule has 2 aromatic rings. The summed E-state index contributed by atoms with van der Waals surface area (Å²) < 4.78 is 10.7. The number of ether oxygens (including phenoxy) is 1. The molecule has 23 heavy (non-hydrogen) atoms. The third kappa shape index (κ3) is 2.22. The standard InChI is InChI=1S/C17H16N2O4/c1-22-11-8-14-16(20)18-13-5-4-10(15-3-2-6-23-15)7-12(13)17(21)19(14)9-11/h2-7,11,14H,8-9H2,1H3,(H,18,20)/t11-,14+/m1/s1. The van der Waals surface area contributed by atoms with Gasteiger partial charge in [-0.05, 0) is 30.3 Å². The Kier molecular flexibility index (Phi) is 3.20. The first-order valence-electron chi connectivity index (χ1n) is 7.50. The number of carbonyl (C=O) groups is 2. The van der Waals surface area contributed by atoms with Crippen LogP contribution in [0, 0.1) is 0 Å². The maximum atomic E-state index is 12.9. The number of benzene rings is 1. The van der Waals surface area contributed by atoms with Gasteiger partial charge < -0.3 is 19.4 Å². The van der Waals surface area contributed by atoms with Crippen LogP contribution in [0.15, 0.2) is 41.0 Å². The Labute approximate surface area is 133 Å². The Morgan fingerprint density at radius 3 is 2.91 bits per heavy atom. The highest BCUT2D eigenvalue weighted by atomic mass is 16.5. The Bertz CT molecular complexity index is 769. The molecule has 3 heterocycles. The summed E-state index contributed by atoms with van der Waals surface area (Å²) in [5, 5.41) is 2.85. The number of carbonyl (C=O) groups excluding carboxylic acids is 2. The van der Waals surface area contributed by atoms with Crippen molar-refractivity contribution in [3.63, 3.8) is 0 Å². The van der Waals surface area contributed by atoms with Crippen LogP contribution >= 0.6 is 0 Å². The molecular weight excluding hydrogens is 296 g/mol. The normalized spacial score (nSPS) is 23.3. The molecule has 1 fully saturated rings. The highest BCUT2D eigenvalue weighted by Crippen LogP contribution is 2.32. The lowest BCUT2D eigenvalue weighted by atomic mass is 10.1. The molecular formula is C17H16N2O4. The van der Waals surface area contributed by atoms with Gasteiger partial charge in [-0.1, -0.05) is 0 Å². The molecule has 2 aliphatic heterocycles. The van der Waals surface area contributed by atoms with Crippen molar-refractivity contribution in [1.82, 2.24) is 4.90 Å². The number of rotatable bonds is 2. The van der Waals surface area contributed by atoms with E-state index < -0.39 is 6.04 Å². The van der Waals surface area contributed by atoms with Crippen LogP contribution in [0.4, 0.5) is 5.69 Å². The average Bonchev–Trinajstić information content (AvgIpc) is 3.22. The average molecular weight is 312 g/mol. The van der Waals surface area contributed by atoms with Gasteiger partial charge in [-0.25, -0.2) is 0 Å². The van der Waals surface area contributed by atoms with E-state index in [1.807, 2.05) is 12.1 Å². The van der Waals surface area contributed by atoms with Crippen molar-refractivity contribution >= 4 is 17.5 Å². The van der Waals surface area contributed by atoms with Gasteiger partial charge in [0, 0.05) is 25.6 Å². The first kappa shape index (κ1) is 14.0. The largest absolute Gasteiger partial charge is 0.464 e. The zero-order chi connectivity index (χ0) is 16.0. The van der Waals surface area contributed by atoms with Crippen molar-refractivity contribution in [1.29, 1.82) is 0 Å². The predicted octanol–water partition coefficient (Wildman–Crippen LogP) is 2.13. The van der Waals surface area contributed by atoms with E-state index in [-0.39, 0.29) is 17.9 Å². The van der Waals surface area contributed by atoms with Gasteiger partial charge in [-0.15, -0.1) is 0 Å². The van der Waals surface area contributed by atoms with Gasteiger partial charge in [0.1, 0.15) is 11.8 Å². The molecule has 0 aliphatic carbocycles. The molecule has 0 radical (unpaired) electrons. The fraction of sp³-hybridized carbons (Fsp3) is 0.294. The van der Waals surface area contributed by atoms with E-state index in [2.05, 4.69) is 5.32 Å². The maximum absolute atomic E-state index is 12.9. The van der Waals surface area contributed by atoms with Gasteiger partial charge in [-0.3, -0.25) is 9.59 Å². The van der Waals surface area contributed by atoms with E-state index in [9.17, 15) is 9.59 Å². The molecule has 1 saturated heterocycles. The van der Waals surface area contributed by atoms with Crippen molar-refractivity contribution in [3.05, 3.63) is 42.2 Å². The van der Waals surface area contributed by atoms with Crippen molar-refractivity contribution < 1.29 is 18.7 Å². The second-order valence-corrected chi connectivity index (χ2v) is 5.79. The SMILES string of the molecule is CO[C@@H]1C[C@H]2C(=O)Nc3ccc(-c4ccco4)cc3C(=O)N2C1. The summed E-state index contributed by atoms with van der Waals surface area (Å²) in [5.74, 6) is 0.364. The molecule has 2 aliphatic rings. The van der Waals surface area contributed by atoms with Gasteiger partial charge in [0.2, 0.25) is 5.91 Å². The molecule has 1 aromatic heterocycles. The zero-order valence-electron chi connectivity index (χ0n) is 12.6. The van der Waals surface area contributed by atoms with Crippen molar-refractivity contribution in [2.75, 3.05) is 19.0 Å². The third-order valence-electron chi connectivity index (χ3n) is 4.47. The monoisotopic (exact) mass is 312 g/mol. The molecule has 118 valence electrons. The van der Waals surface area contributed by atoms with Crippen molar-refractivity contribution in [3.8, 4) is 11.3 Å². The third-order valence-corrected chi connectivity index (χ3v) is 4.47. The van der Waals surface area contributed by atoms with Crippen LogP contribution in [0.25, 0.3) is 11.3 Å². The molecule has 2 amide bonds. The van der Waals surface area contributed by atoms with Gasteiger partial charge in [-0.2, -0.15) is 0 Å². The minimum atomic E-state index is -0.480. The fourth-order valence-electron chi connectivity index (χ4n) is 3.24. The molecule has 4 rings (SSSR count). The van der Waals surface area contributed by atoms with E-state index in [1.165, 1.54) is 0 Å². The van der Waals surface area contributed by atoms with Crippen LogP contribution in [0.3, 0.4) is 0 Å². The smallest absolute Gasteiger partial charge is 0.256 e. The van der Waals surface area contributed by atoms with Crippen LogP contribution in [0.2, 0.25) is 0 Å². The van der Waals surface area contributed by atoms with Crippen LogP contribution < -0.4 is 5.32 Å². The number of furan rings is 1. The summed E-state index contributed by atoms with van der Waals surface area (Å²) in [5.41, 5.74) is 1.82. The van der Waals surface area contributed by atoms with Crippen molar-refractivity contribution in [2.24, 2.45) is 0 Å². The van der Waals surface area contributed by atoms with E-state index >= 15 is 0 Å². The highest BCUT2D eigenvalue weighted by molar-refractivity contribution is 6.10. The number of fused-ring (bicyclic) bond motifs is 2. The van der Waals surface area contributed by atoms with Gasteiger partial charge >= 0.3 is 0 Å². The summed E-state index contributed by atoms with van der Waals surface area (Å²) in [7, 11) is 1.60. The summed E-state index contributed by atoms with van der Waals surface area (Å²) in [6.45, 7) is 0.428. The number of nitrogens with one attached hydrogen (secondary N) is 1. The topological polar surface area (TPSA) is 71.8 Å². The van der Waals surface area contributed by atoms with Gasteiger partial charge in [0.15, 0.2) is 0 Å². The lowest BCUT2D eigenvalue weighted by Gasteiger charge is -2.19. The molecule has 0 spiro atoms. The Morgan fingerprint density at radius 2 is 2.17 bits per heavy atom. The number of hydrogen-bond donors (Lipinski definition) is 1. The van der Waals surface area contributed by atoms with Crippen molar-refractivity contribution in [2.45, 2.75) is 18.6 Å². The summed E-state index contributed by atoms with van der Waals surface area (Å²) >= 11 is 0. The molecule has 6 nitrogen and oxygen atoms in total. The zero-order valence-corrected chi connectivity index (χ0v) is 12.6. The summed E-state index contributed by atoms with van der Waals surface area (Å²) in [6, 6.07) is 8.50. The minimum absolute atomic E-state index is 0.107. The number of methoxy groups -OCH3 is 1. The van der Waals surface area contributed by atoms with E-state index in [1.54, 1.807) is 36.5 Å². The number of nitrogens with zero attached hydrogens (tertiary/aromatic N) is 1. The Hall–Kier alpha value is -2.60. The van der Waals surface area contributed by atoms with E-state index in [4.69, 9.17) is 9.15 Å². The summed E-state index contributed by atoms with van der Waals surface area (Å²) in [4.78, 5) is 26.9. The quantitative estimate of drug-likeness (QED) is 0.922. The predicted molar refractivity (Wildman–Crippen MR) is 83.0 cm³/mol. The number of anilines is 1. The Balaban J connectivity index is 1.76. The van der Waals surface area contributed by atoms with E-state index in [0.717, 1.165) is 5.56 Å². The first-order chi connectivity index (χ1) is 11.2. The van der Waals surface area contributed by atoms with Crippen LogP contribution in [-0.2, 0) is 9.53 Å². The molecule has 1 N–H and O–H groups in total. The maximum Gasteiger partial charge on any atom is 0.256 e. The van der Waals surface area contributed by atoms with Crippen LogP contribution in [-0.4, -0.2) is 42.5 Å². The number of amides is 2. The molecule has 0 unspecified atom stereocenters. The summed E-state index contributed by atoms with van der Waals surface area (Å²) in [6.07, 6.45) is 2.00. The van der Waals surface area contributed by atoms with Crippen LogP contribution in [0.1, 0.15) is 16.8 Å². The molecule has 0 bridgehead atoms. The highest BCUT2D eigenvalue weighted by Gasteiger charge is 2.42. The minimum Gasteiger partial charge on any atom is -0.464 e. The Morgan fingerprint density at radius 1 is 1.30 bits per heavy atom. The molecule has 2 atom stereocenters.